The monoisotopic (exact) mass is 306 g/mol. The fourth-order valence-electron chi connectivity index (χ4n) is 1.87. The highest BCUT2D eigenvalue weighted by Gasteiger charge is 2.14. The van der Waals surface area contributed by atoms with E-state index in [1.54, 1.807) is 23.0 Å². The van der Waals surface area contributed by atoms with E-state index in [-0.39, 0.29) is 0 Å². The second kappa shape index (κ2) is 5.15. The fourth-order valence-corrected chi connectivity index (χ4v) is 2.30. The van der Waals surface area contributed by atoms with Crippen molar-refractivity contribution in [1.82, 2.24) is 19.7 Å². The number of hydrogen-bond acceptors (Lipinski definition) is 3. The average Bonchev–Trinajstić information content (AvgIpc) is 2.84. The molecular formula is C13H8ClFN4S. The highest BCUT2D eigenvalue weighted by molar-refractivity contribution is 7.71. The SMILES string of the molecule is Fc1ccc(Cl)c(-n2c(-c3cccnc3)n[nH]c2=S)c1. The van der Waals surface area contributed by atoms with E-state index in [0.29, 0.717) is 21.3 Å². The predicted molar refractivity (Wildman–Crippen MR) is 76.9 cm³/mol. The van der Waals surface area contributed by atoms with Gasteiger partial charge in [0.25, 0.3) is 0 Å². The van der Waals surface area contributed by atoms with Crippen molar-refractivity contribution in [2.45, 2.75) is 0 Å². The molecular weight excluding hydrogens is 299 g/mol. The van der Waals surface area contributed by atoms with Gasteiger partial charge in [0.2, 0.25) is 0 Å². The molecule has 0 aliphatic carbocycles. The number of nitrogens with zero attached hydrogens (tertiary/aromatic N) is 3. The number of aromatic nitrogens is 4. The van der Waals surface area contributed by atoms with Gasteiger partial charge in [-0.15, -0.1) is 0 Å². The van der Waals surface area contributed by atoms with Gasteiger partial charge in [0.1, 0.15) is 5.82 Å². The molecule has 0 aliphatic heterocycles. The van der Waals surface area contributed by atoms with Gasteiger partial charge in [-0.2, -0.15) is 5.10 Å². The molecule has 4 nitrogen and oxygen atoms in total. The van der Waals surface area contributed by atoms with Crippen molar-refractivity contribution >= 4 is 23.8 Å². The van der Waals surface area contributed by atoms with Gasteiger partial charge in [0.05, 0.1) is 10.7 Å². The Labute approximate surface area is 123 Å². The number of aromatic amines is 1. The summed E-state index contributed by atoms with van der Waals surface area (Å²) in [5.41, 5.74) is 1.18. The molecule has 3 aromatic rings. The van der Waals surface area contributed by atoms with E-state index in [1.165, 1.54) is 18.2 Å². The summed E-state index contributed by atoms with van der Waals surface area (Å²) < 4.78 is 15.4. The van der Waals surface area contributed by atoms with Crippen LogP contribution in [0.3, 0.4) is 0 Å². The van der Waals surface area contributed by atoms with E-state index >= 15 is 0 Å². The van der Waals surface area contributed by atoms with E-state index < -0.39 is 5.82 Å². The molecule has 0 saturated carbocycles. The van der Waals surface area contributed by atoms with Crippen molar-refractivity contribution in [2.75, 3.05) is 0 Å². The molecule has 0 unspecified atom stereocenters. The van der Waals surface area contributed by atoms with Crippen molar-refractivity contribution < 1.29 is 4.39 Å². The van der Waals surface area contributed by atoms with E-state index in [9.17, 15) is 4.39 Å². The molecule has 0 fully saturated rings. The Balaban J connectivity index is 2.27. The van der Waals surface area contributed by atoms with Crippen molar-refractivity contribution in [2.24, 2.45) is 0 Å². The zero-order chi connectivity index (χ0) is 14.1. The largest absolute Gasteiger partial charge is 0.266 e. The van der Waals surface area contributed by atoms with Crippen LogP contribution in [-0.2, 0) is 0 Å². The molecule has 1 aromatic carbocycles. The van der Waals surface area contributed by atoms with Crippen LogP contribution in [0.25, 0.3) is 17.1 Å². The van der Waals surface area contributed by atoms with Gasteiger partial charge in [-0.1, -0.05) is 11.6 Å². The van der Waals surface area contributed by atoms with Crippen molar-refractivity contribution in [3.63, 3.8) is 0 Å². The number of rotatable bonds is 2. The molecule has 0 aliphatic rings. The highest BCUT2D eigenvalue weighted by atomic mass is 35.5. The summed E-state index contributed by atoms with van der Waals surface area (Å²) in [6.07, 6.45) is 3.30. The Morgan fingerprint density at radius 2 is 2.15 bits per heavy atom. The zero-order valence-electron chi connectivity index (χ0n) is 10.0. The second-order valence-electron chi connectivity index (χ2n) is 4.03. The molecule has 7 heteroatoms. The number of pyridine rings is 1. The number of halogens is 2. The summed E-state index contributed by atoms with van der Waals surface area (Å²) in [6, 6.07) is 7.70. The molecule has 100 valence electrons. The van der Waals surface area contributed by atoms with Gasteiger partial charge in [-0.3, -0.25) is 14.6 Å². The van der Waals surface area contributed by atoms with Crippen LogP contribution < -0.4 is 0 Å². The first-order chi connectivity index (χ1) is 9.66. The predicted octanol–water partition coefficient (Wildman–Crippen LogP) is 3.78. The highest BCUT2D eigenvalue weighted by Crippen LogP contribution is 2.26. The minimum absolute atomic E-state index is 0.330. The minimum atomic E-state index is -0.398. The van der Waals surface area contributed by atoms with E-state index in [2.05, 4.69) is 15.2 Å². The Bertz CT molecular complexity index is 813. The maximum absolute atomic E-state index is 13.5. The Hall–Kier alpha value is -2.05. The molecule has 2 heterocycles. The molecule has 0 atom stereocenters. The van der Waals surface area contributed by atoms with E-state index in [0.717, 1.165) is 5.56 Å². The summed E-state index contributed by atoms with van der Waals surface area (Å²) >= 11 is 11.3. The van der Waals surface area contributed by atoms with Crippen molar-refractivity contribution in [1.29, 1.82) is 0 Å². The van der Waals surface area contributed by atoms with Crippen molar-refractivity contribution in [3.8, 4) is 17.1 Å². The standard InChI is InChI=1S/C13H8ClFN4S/c14-10-4-3-9(15)6-11(10)19-12(17-18-13(19)20)8-2-1-5-16-7-8/h1-7H,(H,18,20). The summed E-state index contributed by atoms with van der Waals surface area (Å²) in [6.45, 7) is 0. The first-order valence-electron chi connectivity index (χ1n) is 5.70. The van der Waals surface area contributed by atoms with Gasteiger partial charge in [0, 0.05) is 18.0 Å². The maximum atomic E-state index is 13.5. The summed E-state index contributed by atoms with van der Waals surface area (Å²) in [4.78, 5) is 4.04. The third kappa shape index (κ3) is 2.23. The van der Waals surface area contributed by atoms with Crippen LogP contribution in [0.1, 0.15) is 0 Å². The fraction of sp³-hybridized carbons (Fsp3) is 0. The van der Waals surface area contributed by atoms with Gasteiger partial charge in [0.15, 0.2) is 10.6 Å². The van der Waals surface area contributed by atoms with Crippen LogP contribution in [-0.4, -0.2) is 19.7 Å². The lowest BCUT2D eigenvalue weighted by Gasteiger charge is -2.08. The molecule has 0 spiro atoms. The van der Waals surface area contributed by atoms with E-state index in [1.807, 2.05) is 6.07 Å². The molecule has 0 saturated heterocycles. The smallest absolute Gasteiger partial charge is 0.200 e. The lowest BCUT2D eigenvalue weighted by Crippen LogP contribution is -1.99. The van der Waals surface area contributed by atoms with Gasteiger partial charge in [-0.25, -0.2) is 4.39 Å². The molecule has 0 bridgehead atoms. The van der Waals surface area contributed by atoms with Crippen LogP contribution >= 0.6 is 23.8 Å². The second-order valence-corrected chi connectivity index (χ2v) is 4.82. The number of H-pyrrole nitrogens is 1. The summed E-state index contributed by atoms with van der Waals surface area (Å²) in [7, 11) is 0. The van der Waals surface area contributed by atoms with Crippen LogP contribution in [0.5, 0.6) is 0 Å². The number of benzene rings is 1. The molecule has 3 rings (SSSR count). The molecule has 0 radical (unpaired) electrons. The van der Waals surface area contributed by atoms with Gasteiger partial charge in [-0.05, 0) is 42.5 Å². The minimum Gasteiger partial charge on any atom is -0.266 e. The Morgan fingerprint density at radius 3 is 2.90 bits per heavy atom. The van der Waals surface area contributed by atoms with E-state index in [4.69, 9.17) is 23.8 Å². The Morgan fingerprint density at radius 1 is 1.30 bits per heavy atom. The van der Waals surface area contributed by atoms with Gasteiger partial charge >= 0.3 is 0 Å². The number of hydrogen-bond donors (Lipinski definition) is 1. The third-order valence-corrected chi connectivity index (χ3v) is 3.33. The number of nitrogens with one attached hydrogen (secondary N) is 1. The van der Waals surface area contributed by atoms with Crippen LogP contribution in [0.4, 0.5) is 4.39 Å². The van der Waals surface area contributed by atoms with Crippen LogP contribution in [0.2, 0.25) is 5.02 Å². The molecule has 2 aromatic heterocycles. The topological polar surface area (TPSA) is 46.5 Å². The van der Waals surface area contributed by atoms with Gasteiger partial charge < -0.3 is 0 Å². The Kier molecular flexibility index (Phi) is 3.33. The normalized spacial score (nSPS) is 10.7. The summed E-state index contributed by atoms with van der Waals surface area (Å²) in [5, 5.41) is 7.23. The molecule has 20 heavy (non-hydrogen) atoms. The average molecular weight is 307 g/mol. The zero-order valence-corrected chi connectivity index (χ0v) is 11.6. The summed E-state index contributed by atoms with van der Waals surface area (Å²) in [5.74, 6) is 0.125. The molecule has 0 amide bonds. The maximum Gasteiger partial charge on any atom is 0.200 e. The van der Waals surface area contributed by atoms with Crippen LogP contribution in [0.15, 0.2) is 42.7 Å². The first-order valence-corrected chi connectivity index (χ1v) is 6.48. The van der Waals surface area contributed by atoms with Crippen molar-refractivity contribution in [3.05, 3.63) is 58.3 Å². The third-order valence-electron chi connectivity index (χ3n) is 2.74. The molecule has 1 N–H and O–H groups in total. The quantitative estimate of drug-likeness (QED) is 0.733. The van der Waals surface area contributed by atoms with Crippen LogP contribution in [0, 0.1) is 10.6 Å². The first kappa shape index (κ1) is 13.0. The lowest BCUT2D eigenvalue weighted by atomic mass is 10.2. The lowest BCUT2D eigenvalue weighted by molar-refractivity contribution is 0.626.